The highest BCUT2D eigenvalue weighted by molar-refractivity contribution is 5.88. The number of fused-ring (bicyclic) bond motifs is 1. The fraction of sp³-hybridized carbons (Fsp3) is 0.312. The molecule has 0 amide bonds. The van der Waals surface area contributed by atoms with E-state index in [4.69, 9.17) is 0 Å². The summed E-state index contributed by atoms with van der Waals surface area (Å²) in [5.74, 6) is 0. The fourth-order valence-electron chi connectivity index (χ4n) is 2.18. The Morgan fingerprint density at radius 2 is 2.11 bits per heavy atom. The van der Waals surface area contributed by atoms with Gasteiger partial charge in [-0.2, -0.15) is 0 Å². The lowest BCUT2D eigenvalue weighted by Gasteiger charge is -2.07. The van der Waals surface area contributed by atoms with E-state index in [1.54, 1.807) is 0 Å². The first kappa shape index (κ1) is 12.8. The molecule has 2 nitrogen and oxygen atoms in total. The van der Waals surface area contributed by atoms with E-state index in [1.807, 2.05) is 20.0 Å². The van der Waals surface area contributed by atoms with Crippen LogP contribution in [0, 0.1) is 6.92 Å². The number of benzene rings is 1. The Kier molecular flexibility index (Phi) is 4.11. The summed E-state index contributed by atoms with van der Waals surface area (Å²) < 4.78 is 0. The monoisotopic (exact) mass is 240 g/mol. The van der Waals surface area contributed by atoms with Crippen molar-refractivity contribution in [2.75, 3.05) is 13.6 Å². The van der Waals surface area contributed by atoms with Crippen molar-refractivity contribution in [2.24, 2.45) is 0 Å². The molecular formula is C16H20N2. The standard InChI is InChI=1S/C16H20N2/c1-4-13(11-17-3)10-14-9-12(2)18-16-8-6-5-7-15(14)16/h5-10,17H,4,11H2,1-3H3. The highest BCUT2D eigenvalue weighted by Crippen LogP contribution is 2.21. The smallest absolute Gasteiger partial charge is 0.0711 e. The Labute approximate surface area is 109 Å². The predicted octanol–water partition coefficient (Wildman–Crippen LogP) is 3.56. The molecule has 1 aromatic carbocycles. The van der Waals surface area contributed by atoms with Crippen molar-refractivity contribution < 1.29 is 0 Å². The number of para-hydroxylation sites is 1. The normalized spacial score (nSPS) is 12.1. The molecule has 1 N–H and O–H groups in total. The zero-order valence-electron chi connectivity index (χ0n) is 11.3. The first-order chi connectivity index (χ1) is 8.74. The average Bonchev–Trinajstić information content (AvgIpc) is 2.38. The van der Waals surface area contributed by atoms with Crippen molar-refractivity contribution in [3.8, 4) is 0 Å². The van der Waals surface area contributed by atoms with Gasteiger partial charge in [-0.3, -0.25) is 4.98 Å². The second kappa shape index (κ2) is 5.78. The van der Waals surface area contributed by atoms with Gasteiger partial charge in [-0.15, -0.1) is 0 Å². The zero-order valence-corrected chi connectivity index (χ0v) is 11.3. The quantitative estimate of drug-likeness (QED) is 0.884. The molecule has 0 atom stereocenters. The van der Waals surface area contributed by atoms with Gasteiger partial charge in [-0.05, 0) is 38.1 Å². The number of nitrogens with one attached hydrogen (secondary N) is 1. The molecule has 0 saturated heterocycles. The van der Waals surface area contributed by atoms with Gasteiger partial charge in [0.25, 0.3) is 0 Å². The summed E-state index contributed by atoms with van der Waals surface area (Å²) in [6.45, 7) is 5.18. The van der Waals surface area contributed by atoms with Crippen LogP contribution in [0.2, 0.25) is 0 Å². The van der Waals surface area contributed by atoms with Crippen LogP contribution in [0.15, 0.2) is 35.9 Å². The second-order valence-corrected chi connectivity index (χ2v) is 4.56. The highest BCUT2D eigenvalue weighted by atomic mass is 14.8. The van der Waals surface area contributed by atoms with Gasteiger partial charge in [0.2, 0.25) is 0 Å². The number of aromatic nitrogens is 1. The van der Waals surface area contributed by atoms with Gasteiger partial charge < -0.3 is 5.32 Å². The van der Waals surface area contributed by atoms with Crippen LogP contribution in [-0.2, 0) is 0 Å². The van der Waals surface area contributed by atoms with Gasteiger partial charge >= 0.3 is 0 Å². The summed E-state index contributed by atoms with van der Waals surface area (Å²) in [6, 6.07) is 10.5. The van der Waals surface area contributed by atoms with Gasteiger partial charge in [0, 0.05) is 17.6 Å². The lowest BCUT2D eigenvalue weighted by atomic mass is 10.0. The third-order valence-electron chi connectivity index (χ3n) is 3.09. The van der Waals surface area contributed by atoms with Crippen molar-refractivity contribution >= 4 is 17.0 Å². The maximum Gasteiger partial charge on any atom is 0.0711 e. The molecule has 0 aliphatic rings. The Hall–Kier alpha value is -1.67. The van der Waals surface area contributed by atoms with Crippen molar-refractivity contribution in [2.45, 2.75) is 20.3 Å². The molecule has 94 valence electrons. The van der Waals surface area contributed by atoms with Crippen LogP contribution in [0.1, 0.15) is 24.6 Å². The van der Waals surface area contributed by atoms with Crippen LogP contribution in [-0.4, -0.2) is 18.6 Å². The number of pyridine rings is 1. The van der Waals surface area contributed by atoms with Crippen LogP contribution in [0.4, 0.5) is 0 Å². The Morgan fingerprint density at radius 3 is 2.83 bits per heavy atom. The number of rotatable bonds is 4. The molecular weight excluding hydrogens is 220 g/mol. The first-order valence-electron chi connectivity index (χ1n) is 6.45. The molecule has 0 bridgehead atoms. The zero-order chi connectivity index (χ0) is 13.0. The lowest BCUT2D eigenvalue weighted by molar-refractivity contribution is 0.851. The summed E-state index contributed by atoms with van der Waals surface area (Å²) in [5, 5.41) is 4.44. The number of hydrogen-bond acceptors (Lipinski definition) is 2. The summed E-state index contributed by atoms with van der Waals surface area (Å²) >= 11 is 0. The molecule has 0 spiro atoms. The van der Waals surface area contributed by atoms with Gasteiger partial charge in [0.1, 0.15) is 0 Å². The van der Waals surface area contributed by atoms with Crippen molar-refractivity contribution in [1.82, 2.24) is 10.3 Å². The summed E-state index contributed by atoms with van der Waals surface area (Å²) in [6.07, 6.45) is 3.35. The third-order valence-corrected chi connectivity index (χ3v) is 3.09. The van der Waals surface area contributed by atoms with Gasteiger partial charge in [0.15, 0.2) is 0 Å². The van der Waals surface area contributed by atoms with E-state index in [-0.39, 0.29) is 0 Å². The lowest BCUT2D eigenvalue weighted by Crippen LogP contribution is -2.09. The van der Waals surface area contributed by atoms with E-state index in [9.17, 15) is 0 Å². The predicted molar refractivity (Wildman–Crippen MR) is 78.7 cm³/mol. The average molecular weight is 240 g/mol. The number of hydrogen-bond donors (Lipinski definition) is 1. The molecule has 0 saturated carbocycles. The topological polar surface area (TPSA) is 24.9 Å². The van der Waals surface area contributed by atoms with E-state index < -0.39 is 0 Å². The number of likely N-dealkylation sites (N-methyl/N-ethyl adjacent to an activating group) is 1. The minimum Gasteiger partial charge on any atom is -0.316 e. The Balaban J connectivity index is 2.55. The van der Waals surface area contributed by atoms with E-state index in [2.05, 4.69) is 47.6 Å². The maximum absolute atomic E-state index is 4.57. The molecule has 1 heterocycles. The summed E-state index contributed by atoms with van der Waals surface area (Å²) in [5.41, 5.74) is 4.82. The highest BCUT2D eigenvalue weighted by Gasteiger charge is 2.02. The SMILES string of the molecule is CCC(=Cc1cc(C)nc2ccccc12)CNC. The van der Waals surface area contributed by atoms with Gasteiger partial charge in [-0.25, -0.2) is 0 Å². The van der Waals surface area contributed by atoms with Crippen molar-refractivity contribution in [1.29, 1.82) is 0 Å². The van der Waals surface area contributed by atoms with Gasteiger partial charge in [0.05, 0.1) is 5.52 Å². The number of nitrogens with zero attached hydrogens (tertiary/aromatic N) is 1. The minimum atomic E-state index is 0.937. The van der Waals surface area contributed by atoms with Crippen LogP contribution < -0.4 is 5.32 Å². The fourth-order valence-corrected chi connectivity index (χ4v) is 2.18. The van der Waals surface area contributed by atoms with Crippen LogP contribution >= 0.6 is 0 Å². The Bertz CT molecular complexity index is 570. The molecule has 0 unspecified atom stereocenters. The van der Waals surface area contributed by atoms with E-state index in [1.165, 1.54) is 16.5 Å². The third kappa shape index (κ3) is 2.77. The first-order valence-corrected chi connectivity index (χ1v) is 6.45. The molecule has 2 heteroatoms. The van der Waals surface area contributed by atoms with Crippen molar-refractivity contribution in [3.05, 3.63) is 47.2 Å². The second-order valence-electron chi connectivity index (χ2n) is 4.56. The minimum absolute atomic E-state index is 0.937. The molecule has 2 aromatic rings. The van der Waals surface area contributed by atoms with E-state index in [0.717, 1.165) is 24.2 Å². The molecule has 0 aliphatic heterocycles. The maximum atomic E-state index is 4.57. The van der Waals surface area contributed by atoms with Crippen LogP contribution in [0.5, 0.6) is 0 Å². The molecule has 0 radical (unpaired) electrons. The largest absolute Gasteiger partial charge is 0.316 e. The Morgan fingerprint density at radius 1 is 1.33 bits per heavy atom. The molecule has 1 aromatic heterocycles. The van der Waals surface area contributed by atoms with Crippen LogP contribution in [0.25, 0.3) is 17.0 Å². The molecule has 0 fully saturated rings. The number of aryl methyl sites for hydroxylation is 1. The molecule has 0 aliphatic carbocycles. The molecule has 2 rings (SSSR count). The van der Waals surface area contributed by atoms with Gasteiger partial charge in [-0.1, -0.05) is 36.8 Å². The summed E-state index contributed by atoms with van der Waals surface area (Å²) in [4.78, 5) is 4.57. The molecule has 18 heavy (non-hydrogen) atoms. The van der Waals surface area contributed by atoms with Crippen LogP contribution in [0.3, 0.4) is 0 Å². The van der Waals surface area contributed by atoms with Crippen molar-refractivity contribution in [3.63, 3.8) is 0 Å². The van der Waals surface area contributed by atoms with E-state index >= 15 is 0 Å². The van der Waals surface area contributed by atoms with E-state index in [0.29, 0.717) is 0 Å². The summed E-state index contributed by atoms with van der Waals surface area (Å²) in [7, 11) is 1.99.